The van der Waals surface area contributed by atoms with Gasteiger partial charge >= 0.3 is 11.9 Å². The highest BCUT2D eigenvalue weighted by Gasteiger charge is 2.14. The van der Waals surface area contributed by atoms with Crippen LogP contribution in [0.5, 0.6) is 0 Å². The van der Waals surface area contributed by atoms with E-state index in [4.69, 9.17) is 14.6 Å². The molecule has 1 amide bonds. The van der Waals surface area contributed by atoms with Gasteiger partial charge in [-0.05, 0) is 54.6 Å². The molecule has 3 N–H and O–H groups in total. The molecule has 0 fully saturated rings. The Balaban J connectivity index is 1.76. The van der Waals surface area contributed by atoms with E-state index >= 15 is 0 Å². The molecule has 29 heavy (non-hydrogen) atoms. The van der Waals surface area contributed by atoms with Crippen molar-refractivity contribution < 1.29 is 29.0 Å². The standard InChI is InChI=1S/C20H13BrN2O6/c21-15-3-1-11(2-4-15)18(24)23-22-10-16-5-6-17(29-16)12-7-13(19(25)26)9-14(8-12)20(27)28/h1-10H,(H,23,24)(H,25,26)(H,27,28)/b22-10+. The van der Waals surface area contributed by atoms with Gasteiger partial charge in [-0.1, -0.05) is 15.9 Å². The summed E-state index contributed by atoms with van der Waals surface area (Å²) in [7, 11) is 0. The van der Waals surface area contributed by atoms with E-state index in [0.29, 0.717) is 11.1 Å². The van der Waals surface area contributed by atoms with E-state index in [1.165, 1.54) is 18.3 Å². The maximum Gasteiger partial charge on any atom is 0.335 e. The van der Waals surface area contributed by atoms with Crippen molar-refractivity contribution >= 4 is 40.0 Å². The van der Waals surface area contributed by atoms with E-state index in [1.54, 1.807) is 36.4 Å². The highest BCUT2D eigenvalue weighted by molar-refractivity contribution is 9.10. The van der Waals surface area contributed by atoms with Crippen LogP contribution in [-0.4, -0.2) is 34.3 Å². The van der Waals surface area contributed by atoms with Gasteiger partial charge in [0.15, 0.2) is 0 Å². The number of hydrazone groups is 1. The second kappa shape index (κ2) is 8.53. The number of carboxylic acids is 2. The first-order valence-electron chi connectivity index (χ1n) is 8.14. The summed E-state index contributed by atoms with van der Waals surface area (Å²) in [6.07, 6.45) is 1.28. The number of halogens is 1. The first-order valence-corrected chi connectivity index (χ1v) is 8.93. The second-order valence-electron chi connectivity index (χ2n) is 5.82. The van der Waals surface area contributed by atoms with Crippen molar-refractivity contribution in [1.29, 1.82) is 0 Å². The molecule has 0 radical (unpaired) electrons. The smallest absolute Gasteiger partial charge is 0.335 e. The van der Waals surface area contributed by atoms with Gasteiger partial charge in [-0.25, -0.2) is 15.0 Å². The van der Waals surface area contributed by atoms with Gasteiger partial charge in [0, 0.05) is 15.6 Å². The minimum Gasteiger partial charge on any atom is -0.478 e. The van der Waals surface area contributed by atoms with E-state index in [1.807, 2.05) is 0 Å². The van der Waals surface area contributed by atoms with Crippen LogP contribution in [0.1, 0.15) is 36.8 Å². The lowest BCUT2D eigenvalue weighted by Crippen LogP contribution is -2.17. The van der Waals surface area contributed by atoms with Crippen LogP contribution in [0, 0.1) is 0 Å². The molecule has 0 aliphatic rings. The molecule has 0 bridgehead atoms. The van der Waals surface area contributed by atoms with Crippen molar-refractivity contribution in [2.45, 2.75) is 0 Å². The van der Waals surface area contributed by atoms with Crippen molar-refractivity contribution in [1.82, 2.24) is 5.43 Å². The number of hydrogen-bond acceptors (Lipinski definition) is 5. The molecule has 0 spiro atoms. The van der Waals surface area contributed by atoms with Crippen LogP contribution < -0.4 is 5.43 Å². The zero-order valence-corrected chi connectivity index (χ0v) is 16.2. The predicted molar refractivity (Wildman–Crippen MR) is 107 cm³/mol. The third kappa shape index (κ3) is 4.96. The summed E-state index contributed by atoms with van der Waals surface area (Å²) in [5.41, 5.74) is 2.74. The number of amides is 1. The Morgan fingerprint density at radius 3 is 2.10 bits per heavy atom. The molecule has 2 aromatic carbocycles. The molecule has 0 aliphatic heterocycles. The summed E-state index contributed by atoms with van der Waals surface area (Å²) in [6, 6.07) is 13.5. The number of carbonyl (C=O) groups is 3. The molecular weight excluding hydrogens is 444 g/mol. The lowest BCUT2D eigenvalue weighted by molar-refractivity contribution is 0.0696. The summed E-state index contributed by atoms with van der Waals surface area (Å²) >= 11 is 3.29. The summed E-state index contributed by atoms with van der Waals surface area (Å²) in [5, 5.41) is 22.1. The lowest BCUT2D eigenvalue weighted by atomic mass is 10.0. The van der Waals surface area contributed by atoms with Crippen molar-refractivity contribution in [3.05, 3.63) is 81.5 Å². The van der Waals surface area contributed by atoms with Crippen LogP contribution in [-0.2, 0) is 0 Å². The van der Waals surface area contributed by atoms with Gasteiger partial charge in [-0.2, -0.15) is 5.10 Å². The van der Waals surface area contributed by atoms with Crippen molar-refractivity contribution in [3.8, 4) is 11.3 Å². The Hall–Kier alpha value is -3.72. The number of nitrogens with zero attached hydrogens (tertiary/aromatic N) is 1. The Morgan fingerprint density at radius 1 is 0.897 bits per heavy atom. The van der Waals surface area contributed by atoms with Gasteiger partial charge in [0.05, 0.1) is 17.3 Å². The van der Waals surface area contributed by atoms with Crippen molar-refractivity contribution in [2.24, 2.45) is 5.10 Å². The summed E-state index contributed by atoms with van der Waals surface area (Å²) in [6.45, 7) is 0. The number of rotatable bonds is 6. The number of carbonyl (C=O) groups excluding carboxylic acids is 1. The van der Waals surface area contributed by atoms with E-state index in [9.17, 15) is 14.4 Å². The van der Waals surface area contributed by atoms with Gasteiger partial charge in [0.2, 0.25) is 0 Å². The molecule has 1 heterocycles. The predicted octanol–water partition coefficient (Wildman–Crippen LogP) is 3.87. The topological polar surface area (TPSA) is 129 Å². The van der Waals surface area contributed by atoms with Crippen LogP contribution in [0.4, 0.5) is 0 Å². The molecule has 146 valence electrons. The average Bonchev–Trinajstić information content (AvgIpc) is 3.17. The lowest BCUT2D eigenvalue weighted by Gasteiger charge is -2.03. The second-order valence-corrected chi connectivity index (χ2v) is 6.73. The van der Waals surface area contributed by atoms with Crippen LogP contribution >= 0.6 is 15.9 Å². The molecule has 0 atom stereocenters. The van der Waals surface area contributed by atoms with E-state index in [2.05, 4.69) is 26.5 Å². The maximum atomic E-state index is 12.0. The average molecular weight is 457 g/mol. The molecule has 0 unspecified atom stereocenters. The maximum absolute atomic E-state index is 12.0. The minimum absolute atomic E-state index is 0.173. The Kier molecular flexibility index (Phi) is 5.89. The van der Waals surface area contributed by atoms with Crippen LogP contribution in [0.2, 0.25) is 0 Å². The van der Waals surface area contributed by atoms with E-state index in [0.717, 1.165) is 10.5 Å². The number of furan rings is 1. The summed E-state index contributed by atoms with van der Waals surface area (Å²) in [4.78, 5) is 34.4. The number of carboxylic acid groups (broad SMARTS) is 2. The molecule has 0 aliphatic carbocycles. The fourth-order valence-corrected chi connectivity index (χ4v) is 2.68. The quantitative estimate of drug-likeness (QED) is 0.381. The third-order valence-electron chi connectivity index (χ3n) is 3.80. The van der Waals surface area contributed by atoms with Gasteiger partial charge in [-0.15, -0.1) is 0 Å². The monoisotopic (exact) mass is 456 g/mol. The van der Waals surface area contributed by atoms with Crippen molar-refractivity contribution in [3.63, 3.8) is 0 Å². The number of hydrogen-bond donors (Lipinski definition) is 3. The summed E-state index contributed by atoms with van der Waals surface area (Å²) < 4.78 is 6.40. The fourth-order valence-electron chi connectivity index (χ4n) is 2.41. The fraction of sp³-hybridized carbons (Fsp3) is 0. The van der Waals surface area contributed by atoms with Crippen LogP contribution in [0.15, 0.2) is 68.6 Å². The van der Waals surface area contributed by atoms with Gasteiger partial charge in [0.25, 0.3) is 5.91 Å². The van der Waals surface area contributed by atoms with Gasteiger partial charge in [-0.3, -0.25) is 4.79 Å². The Labute approximate surface area is 172 Å². The van der Waals surface area contributed by atoms with E-state index < -0.39 is 17.8 Å². The highest BCUT2D eigenvalue weighted by Crippen LogP contribution is 2.24. The molecule has 8 nitrogen and oxygen atoms in total. The number of aromatic carboxylic acids is 2. The molecule has 9 heteroatoms. The molecule has 3 rings (SSSR count). The Bertz CT molecular complexity index is 1090. The first kappa shape index (κ1) is 20.0. The van der Waals surface area contributed by atoms with Gasteiger partial charge < -0.3 is 14.6 Å². The van der Waals surface area contributed by atoms with Crippen LogP contribution in [0.3, 0.4) is 0 Å². The molecule has 3 aromatic rings. The first-order chi connectivity index (χ1) is 13.8. The van der Waals surface area contributed by atoms with Crippen molar-refractivity contribution in [2.75, 3.05) is 0 Å². The highest BCUT2D eigenvalue weighted by atomic mass is 79.9. The number of benzene rings is 2. The van der Waals surface area contributed by atoms with Gasteiger partial charge in [0.1, 0.15) is 11.5 Å². The SMILES string of the molecule is O=C(O)c1cc(C(=O)O)cc(-c2ccc(/C=N/NC(=O)c3ccc(Br)cc3)o2)c1. The minimum atomic E-state index is -1.25. The van der Waals surface area contributed by atoms with Crippen LogP contribution in [0.25, 0.3) is 11.3 Å². The largest absolute Gasteiger partial charge is 0.478 e. The number of nitrogens with one attached hydrogen (secondary N) is 1. The zero-order valence-electron chi connectivity index (χ0n) is 14.6. The Morgan fingerprint density at radius 2 is 1.52 bits per heavy atom. The normalized spacial score (nSPS) is 10.8. The molecular formula is C20H13BrN2O6. The molecule has 0 saturated carbocycles. The summed E-state index contributed by atoms with van der Waals surface area (Å²) in [5.74, 6) is -2.36. The molecule has 0 saturated heterocycles. The third-order valence-corrected chi connectivity index (χ3v) is 4.33. The molecule has 1 aromatic heterocycles. The zero-order chi connectivity index (χ0) is 21.0. The van der Waals surface area contributed by atoms with E-state index in [-0.39, 0.29) is 22.6 Å².